The average Bonchev–Trinajstić information content (AvgIpc) is 3.11. The second-order valence-corrected chi connectivity index (χ2v) is 6.00. The Morgan fingerprint density at radius 3 is 2.58 bits per heavy atom. The molecule has 1 heterocycles. The highest BCUT2D eigenvalue weighted by molar-refractivity contribution is 5.92. The van der Waals surface area contributed by atoms with E-state index in [1.54, 1.807) is 31.4 Å². The molecule has 0 atom stereocenters. The minimum absolute atomic E-state index is 0.0931. The maximum Gasteiger partial charge on any atom is 0.238 e. The lowest BCUT2D eigenvalue weighted by Crippen LogP contribution is -2.29. The molecule has 0 aliphatic carbocycles. The predicted molar refractivity (Wildman–Crippen MR) is 99.9 cm³/mol. The molecule has 3 rings (SSSR count). The minimum atomic E-state index is -0.0931. The Kier molecular flexibility index (Phi) is 5.66. The number of amides is 1. The normalized spacial score (nSPS) is 10.7. The van der Waals surface area contributed by atoms with E-state index in [9.17, 15) is 4.79 Å². The molecule has 0 bridgehead atoms. The number of likely N-dealkylation sites (N-methyl/N-ethyl adjacent to an activating group) is 1. The topological polar surface area (TPSA) is 67.6 Å². The van der Waals surface area contributed by atoms with Crippen molar-refractivity contribution >= 4 is 11.6 Å². The van der Waals surface area contributed by atoms with Crippen LogP contribution < -0.4 is 10.1 Å². The van der Waals surface area contributed by atoms with Gasteiger partial charge < -0.3 is 14.6 Å². The second-order valence-electron chi connectivity index (χ2n) is 6.00. The van der Waals surface area contributed by atoms with Crippen LogP contribution in [0.15, 0.2) is 65.2 Å². The van der Waals surface area contributed by atoms with Crippen LogP contribution in [0.25, 0.3) is 11.3 Å². The Bertz CT molecular complexity index is 844. The standard InChI is InChI=1S/C20H21N3O3/c1-23(14-20(24)21-16-8-10-18(25-2)11-9-16)13-17-12-19(26-22-17)15-6-4-3-5-7-15/h3-12H,13-14H2,1-2H3,(H,21,24). The van der Waals surface area contributed by atoms with Gasteiger partial charge in [-0.05, 0) is 31.3 Å². The third-order valence-electron chi connectivity index (χ3n) is 3.84. The van der Waals surface area contributed by atoms with Crippen molar-refractivity contribution in [2.75, 3.05) is 26.0 Å². The first-order valence-corrected chi connectivity index (χ1v) is 8.27. The molecule has 0 spiro atoms. The highest BCUT2D eigenvalue weighted by Gasteiger charge is 2.11. The summed E-state index contributed by atoms with van der Waals surface area (Å²) in [7, 11) is 3.47. The number of methoxy groups -OCH3 is 1. The lowest BCUT2D eigenvalue weighted by molar-refractivity contribution is -0.117. The molecule has 0 aliphatic rings. The highest BCUT2D eigenvalue weighted by atomic mass is 16.5. The van der Waals surface area contributed by atoms with Crippen molar-refractivity contribution in [1.82, 2.24) is 10.1 Å². The third-order valence-corrected chi connectivity index (χ3v) is 3.84. The van der Waals surface area contributed by atoms with Crippen molar-refractivity contribution in [3.63, 3.8) is 0 Å². The van der Waals surface area contributed by atoms with Gasteiger partial charge in [0.15, 0.2) is 5.76 Å². The van der Waals surface area contributed by atoms with Crippen LogP contribution in [-0.2, 0) is 11.3 Å². The van der Waals surface area contributed by atoms with E-state index in [2.05, 4.69) is 10.5 Å². The Morgan fingerprint density at radius 2 is 1.88 bits per heavy atom. The van der Waals surface area contributed by atoms with Crippen molar-refractivity contribution in [3.8, 4) is 17.1 Å². The van der Waals surface area contributed by atoms with E-state index >= 15 is 0 Å². The molecule has 2 aromatic carbocycles. The molecule has 0 unspecified atom stereocenters. The number of carbonyl (C=O) groups is 1. The minimum Gasteiger partial charge on any atom is -0.497 e. The Labute approximate surface area is 152 Å². The van der Waals surface area contributed by atoms with Gasteiger partial charge in [-0.3, -0.25) is 9.69 Å². The fourth-order valence-corrected chi connectivity index (χ4v) is 2.58. The Morgan fingerprint density at radius 1 is 1.15 bits per heavy atom. The van der Waals surface area contributed by atoms with Crippen LogP contribution in [0.2, 0.25) is 0 Å². The predicted octanol–water partition coefficient (Wildman–Crippen LogP) is 3.42. The summed E-state index contributed by atoms with van der Waals surface area (Å²) in [6, 6.07) is 18.9. The van der Waals surface area contributed by atoms with E-state index in [0.717, 1.165) is 28.5 Å². The summed E-state index contributed by atoms with van der Waals surface area (Å²) in [5, 5.41) is 6.94. The van der Waals surface area contributed by atoms with Crippen LogP contribution in [0.1, 0.15) is 5.69 Å². The molecule has 6 nitrogen and oxygen atoms in total. The fourth-order valence-electron chi connectivity index (χ4n) is 2.58. The van der Waals surface area contributed by atoms with Gasteiger partial charge in [0.1, 0.15) is 5.75 Å². The van der Waals surface area contributed by atoms with Crippen LogP contribution in [0.4, 0.5) is 5.69 Å². The SMILES string of the molecule is COc1ccc(NC(=O)CN(C)Cc2cc(-c3ccccc3)on2)cc1. The maximum atomic E-state index is 12.2. The van der Waals surface area contributed by atoms with Gasteiger partial charge in [-0.1, -0.05) is 35.5 Å². The van der Waals surface area contributed by atoms with E-state index in [1.165, 1.54) is 0 Å². The zero-order valence-electron chi connectivity index (χ0n) is 14.8. The number of benzene rings is 2. The number of hydrogen-bond donors (Lipinski definition) is 1. The highest BCUT2D eigenvalue weighted by Crippen LogP contribution is 2.20. The van der Waals surface area contributed by atoms with Crippen LogP contribution in [0.3, 0.4) is 0 Å². The maximum absolute atomic E-state index is 12.2. The van der Waals surface area contributed by atoms with Gasteiger partial charge in [0.25, 0.3) is 0 Å². The summed E-state index contributed by atoms with van der Waals surface area (Å²) < 4.78 is 10.5. The van der Waals surface area contributed by atoms with Crippen LogP contribution in [-0.4, -0.2) is 36.7 Å². The molecule has 134 valence electrons. The zero-order valence-corrected chi connectivity index (χ0v) is 14.8. The number of ether oxygens (including phenoxy) is 1. The Hall–Kier alpha value is -3.12. The lowest BCUT2D eigenvalue weighted by Gasteiger charge is -2.14. The smallest absolute Gasteiger partial charge is 0.238 e. The van der Waals surface area contributed by atoms with Gasteiger partial charge in [-0.15, -0.1) is 0 Å². The average molecular weight is 351 g/mol. The molecule has 3 aromatic rings. The van der Waals surface area contributed by atoms with Crippen molar-refractivity contribution < 1.29 is 14.1 Å². The van der Waals surface area contributed by atoms with Crippen molar-refractivity contribution in [3.05, 3.63) is 66.4 Å². The van der Waals surface area contributed by atoms with E-state index in [1.807, 2.05) is 48.3 Å². The molecule has 1 aromatic heterocycles. The van der Waals surface area contributed by atoms with Gasteiger partial charge in [-0.2, -0.15) is 0 Å². The molecular formula is C20H21N3O3. The number of aromatic nitrogens is 1. The number of carbonyl (C=O) groups excluding carboxylic acids is 1. The van der Waals surface area contributed by atoms with Gasteiger partial charge in [0.05, 0.1) is 19.3 Å². The van der Waals surface area contributed by atoms with Gasteiger partial charge >= 0.3 is 0 Å². The molecule has 0 aliphatic heterocycles. The number of hydrogen-bond acceptors (Lipinski definition) is 5. The molecule has 26 heavy (non-hydrogen) atoms. The van der Waals surface area contributed by atoms with Crippen LogP contribution in [0, 0.1) is 0 Å². The first-order valence-electron chi connectivity index (χ1n) is 8.27. The molecule has 1 amide bonds. The van der Waals surface area contributed by atoms with E-state index < -0.39 is 0 Å². The van der Waals surface area contributed by atoms with Gasteiger partial charge in [0.2, 0.25) is 5.91 Å². The largest absolute Gasteiger partial charge is 0.497 e. The fraction of sp³-hybridized carbons (Fsp3) is 0.200. The van der Waals surface area contributed by atoms with Crippen molar-refractivity contribution in [1.29, 1.82) is 0 Å². The number of anilines is 1. The summed E-state index contributed by atoms with van der Waals surface area (Å²) in [5.74, 6) is 1.38. The summed E-state index contributed by atoms with van der Waals surface area (Å²) in [6.45, 7) is 0.770. The van der Waals surface area contributed by atoms with E-state index in [-0.39, 0.29) is 12.5 Å². The molecule has 0 fully saturated rings. The molecular weight excluding hydrogens is 330 g/mol. The van der Waals surface area contributed by atoms with Gasteiger partial charge in [-0.25, -0.2) is 0 Å². The zero-order chi connectivity index (χ0) is 18.4. The van der Waals surface area contributed by atoms with Crippen LogP contribution in [0.5, 0.6) is 5.75 Å². The lowest BCUT2D eigenvalue weighted by atomic mass is 10.1. The van der Waals surface area contributed by atoms with E-state index in [0.29, 0.717) is 6.54 Å². The quantitative estimate of drug-likeness (QED) is 0.706. The number of rotatable bonds is 7. The Balaban J connectivity index is 1.52. The molecule has 1 N–H and O–H groups in total. The second kappa shape index (κ2) is 8.31. The molecule has 0 radical (unpaired) electrons. The van der Waals surface area contributed by atoms with Crippen LogP contribution >= 0.6 is 0 Å². The molecule has 0 saturated heterocycles. The monoisotopic (exact) mass is 351 g/mol. The van der Waals surface area contributed by atoms with Crippen molar-refractivity contribution in [2.45, 2.75) is 6.54 Å². The number of nitrogens with zero attached hydrogens (tertiary/aromatic N) is 2. The summed E-state index contributed by atoms with van der Waals surface area (Å²) in [4.78, 5) is 14.0. The summed E-state index contributed by atoms with van der Waals surface area (Å²) in [5.41, 5.74) is 2.49. The summed E-state index contributed by atoms with van der Waals surface area (Å²) in [6.07, 6.45) is 0. The van der Waals surface area contributed by atoms with Gasteiger partial charge in [0, 0.05) is 23.9 Å². The molecule has 6 heteroatoms. The first-order chi connectivity index (χ1) is 12.6. The number of nitrogens with one attached hydrogen (secondary N) is 1. The first kappa shape index (κ1) is 17.7. The summed E-state index contributed by atoms with van der Waals surface area (Å²) >= 11 is 0. The molecule has 0 saturated carbocycles. The van der Waals surface area contributed by atoms with E-state index in [4.69, 9.17) is 9.26 Å². The third kappa shape index (κ3) is 4.70. The van der Waals surface area contributed by atoms with Crippen molar-refractivity contribution in [2.24, 2.45) is 0 Å².